The molecular formula is C12H13F3O3. The van der Waals surface area contributed by atoms with Crippen molar-refractivity contribution in [2.24, 2.45) is 0 Å². The molecule has 0 aliphatic rings. The number of carboxylic acid groups (broad SMARTS) is 1. The van der Waals surface area contributed by atoms with Crippen LogP contribution in [0.15, 0.2) is 24.3 Å². The molecule has 0 aliphatic carbocycles. The Morgan fingerprint density at radius 3 is 2.22 bits per heavy atom. The van der Waals surface area contributed by atoms with Crippen molar-refractivity contribution in [1.82, 2.24) is 0 Å². The van der Waals surface area contributed by atoms with E-state index in [1.807, 2.05) is 0 Å². The van der Waals surface area contributed by atoms with Gasteiger partial charge >= 0.3 is 12.1 Å². The van der Waals surface area contributed by atoms with Crippen molar-refractivity contribution < 1.29 is 28.2 Å². The number of aliphatic hydroxyl groups excluding tert-OH is 1. The van der Waals surface area contributed by atoms with Crippen molar-refractivity contribution >= 4 is 5.97 Å². The molecule has 18 heavy (non-hydrogen) atoms. The van der Waals surface area contributed by atoms with Gasteiger partial charge in [0.25, 0.3) is 0 Å². The molecule has 1 aromatic carbocycles. The second-order valence-electron chi connectivity index (χ2n) is 3.99. The number of rotatable bonds is 5. The molecule has 0 saturated heterocycles. The van der Waals surface area contributed by atoms with E-state index in [1.165, 1.54) is 12.1 Å². The van der Waals surface area contributed by atoms with Gasteiger partial charge in [0.15, 0.2) is 0 Å². The van der Waals surface area contributed by atoms with E-state index in [9.17, 15) is 23.1 Å². The Bertz CT molecular complexity index is 398. The molecule has 0 radical (unpaired) electrons. The minimum Gasteiger partial charge on any atom is -0.481 e. The summed E-state index contributed by atoms with van der Waals surface area (Å²) in [5, 5.41) is 17.7. The number of alkyl halides is 3. The van der Waals surface area contributed by atoms with Crippen LogP contribution in [0.3, 0.4) is 0 Å². The van der Waals surface area contributed by atoms with Crippen LogP contribution in [0.1, 0.15) is 24.0 Å². The molecule has 0 aliphatic heterocycles. The maximum Gasteiger partial charge on any atom is 0.416 e. The minimum atomic E-state index is -4.36. The van der Waals surface area contributed by atoms with Crippen molar-refractivity contribution in [2.45, 2.75) is 31.5 Å². The highest BCUT2D eigenvalue weighted by atomic mass is 19.4. The first-order chi connectivity index (χ1) is 8.29. The minimum absolute atomic E-state index is 0.206. The SMILES string of the molecule is O=C(O)CC(O)CCc1ccc(C(F)(F)F)cc1. The van der Waals surface area contributed by atoms with Gasteiger partial charge in [0.2, 0.25) is 0 Å². The van der Waals surface area contributed by atoms with Crippen LogP contribution in [-0.2, 0) is 17.4 Å². The van der Waals surface area contributed by atoms with Gasteiger partial charge in [-0.15, -0.1) is 0 Å². The fraction of sp³-hybridized carbons (Fsp3) is 0.417. The number of aliphatic hydroxyl groups is 1. The van der Waals surface area contributed by atoms with Crippen LogP contribution in [0.2, 0.25) is 0 Å². The zero-order valence-corrected chi connectivity index (χ0v) is 9.44. The summed E-state index contributed by atoms with van der Waals surface area (Å²) >= 11 is 0. The smallest absolute Gasteiger partial charge is 0.416 e. The number of aliphatic carboxylic acids is 1. The average molecular weight is 262 g/mol. The van der Waals surface area contributed by atoms with Crippen molar-refractivity contribution in [3.05, 3.63) is 35.4 Å². The van der Waals surface area contributed by atoms with Crippen molar-refractivity contribution in [3.8, 4) is 0 Å². The van der Waals surface area contributed by atoms with Crippen LogP contribution in [0.25, 0.3) is 0 Å². The summed E-state index contributed by atoms with van der Waals surface area (Å²) in [5.41, 5.74) is -0.0928. The molecule has 0 heterocycles. The van der Waals surface area contributed by atoms with Gasteiger partial charge < -0.3 is 10.2 Å². The summed E-state index contributed by atoms with van der Waals surface area (Å²) in [6, 6.07) is 4.60. The molecule has 6 heteroatoms. The number of aryl methyl sites for hydroxylation is 1. The number of halogens is 3. The lowest BCUT2D eigenvalue weighted by Crippen LogP contribution is -2.13. The molecule has 1 unspecified atom stereocenters. The van der Waals surface area contributed by atoms with E-state index in [-0.39, 0.29) is 12.8 Å². The van der Waals surface area contributed by atoms with Gasteiger partial charge in [-0.1, -0.05) is 12.1 Å². The molecule has 1 rings (SSSR count). The predicted molar refractivity (Wildman–Crippen MR) is 58.0 cm³/mol. The Morgan fingerprint density at radius 1 is 1.22 bits per heavy atom. The average Bonchev–Trinajstić information content (AvgIpc) is 2.25. The maximum atomic E-state index is 12.3. The number of hydrogen-bond acceptors (Lipinski definition) is 2. The monoisotopic (exact) mass is 262 g/mol. The van der Waals surface area contributed by atoms with Crippen LogP contribution < -0.4 is 0 Å². The molecule has 0 bridgehead atoms. The molecule has 0 amide bonds. The lowest BCUT2D eigenvalue weighted by Gasteiger charge is -2.09. The van der Waals surface area contributed by atoms with Gasteiger partial charge in [-0.05, 0) is 30.5 Å². The van der Waals surface area contributed by atoms with E-state index in [4.69, 9.17) is 5.11 Å². The highest BCUT2D eigenvalue weighted by molar-refractivity contribution is 5.67. The Hall–Kier alpha value is -1.56. The highest BCUT2D eigenvalue weighted by Gasteiger charge is 2.29. The normalized spacial score (nSPS) is 13.3. The third kappa shape index (κ3) is 4.75. The standard InChI is InChI=1S/C12H13F3O3/c13-12(14,15)9-4-1-8(2-5-9)3-6-10(16)7-11(17)18/h1-2,4-5,10,16H,3,6-7H2,(H,17,18). The Balaban J connectivity index is 2.52. The number of carbonyl (C=O) groups is 1. The predicted octanol–water partition coefficient (Wildman–Crippen LogP) is 2.47. The van der Waals surface area contributed by atoms with Crippen LogP contribution in [0, 0.1) is 0 Å². The zero-order chi connectivity index (χ0) is 13.8. The molecule has 100 valence electrons. The second-order valence-corrected chi connectivity index (χ2v) is 3.99. The van der Waals surface area contributed by atoms with Gasteiger partial charge in [0.1, 0.15) is 0 Å². The summed E-state index contributed by atoms with van der Waals surface area (Å²) in [6.07, 6.45) is -5.16. The summed E-state index contributed by atoms with van der Waals surface area (Å²) in [5.74, 6) is -1.10. The summed E-state index contributed by atoms with van der Waals surface area (Å²) in [6.45, 7) is 0. The Morgan fingerprint density at radius 2 is 1.78 bits per heavy atom. The molecule has 0 fully saturated rings. The molecule has 3 nitrogen and oxygen atoms in total. The van der Waals surface area contributed by atoms with Crippen LogP contribution in [0.4, 0.5) is 13.2 Å². The van der Waals surface area contributed by atoms with Gasteiger partial charge in [-0.3, -0.25) is 4.79 Å². The third-order valence-electron chi connectivity index (χ3n) is 2.46. The summed E-state index contributed by atoms with van der Waals surface area (Å²) in [4.78, 5) is 10.3. The van der Waals surface area contributed by atoms with Crippen LogP contribution >= 0.6 is 0 Å². The van der Waals surface area contributed by atoms with Gasteiger partial charge in [0.05, 0.1) is 18.1 Å². The van der Waals surface area contributed by atoms with Crippen molar-refractivity contribution in [1.29, 1.82) is 0 Å². The molecule has 0 saturated carbocycles. The first-order valence-corrected chi connectivity index (χ1v) is 5.35. The number of hydrogen-bond donors (Lipinski definition) is 2. The molecule has 0 aromatic heterocycles. The lowest BCUT2D eigenvalue weighted by atomic mass is 10.0. The highest BCUT2D eigenvalue weighted by Crippen LogP contribution is 2.29. The van der Waals surface area contributed by atoms with Gasteiger partial charge in [0, 0.05) is 0 Å². The third-order valence-corrected chi connectivity index (χ3v) is 2.46. The van der Waals surface area contributed by atoms with Gasteiger partial charge in [-0.2, -0.15) is 13.2 Å². The molecular weight excluding hydrogens is 249 g/mol. The topological polar surface area (TPSA) is 57.5 Å². The molecule has 1 atom stereocenters. The Kier molecular flexibility index (Phi) is 4.72. The first kappa shape index (κ1) is 14.5. The van der Waals surface area contributed by atoms with Gasteiger partial charge in [-0.25, -0.2) is 0 Å². The first-order valence-electron chi connectivity index (χ1n) is 5.35. The van der Waals surface area contributed by atoms with E-state index in [0.29, 0.717) is 12.0 Å². The number of benzene rings is 1. The fourth-order valence-electron chi connectivity index (χ4n) is 1.50. The summed E-state index contributed by atoms with van der Waals surface area (Å²) in [7, 11) is 0. The lowest BCUT2D eigenvalue weighted by molar-refractivity contribution is -0.139. The van der Waals surface area contributed by atoms with E-state index >= 15 is 0 Å². The van der Waals surface area contributed by atoms with Crippen molar-refractivity contribution in [2.75, 3.05) is 0 Å². The number of carboxylic acids is 1. The van der Waals surface area contributed by atoms with E-state index in [1.54, 1.807) is 0 Å². The van der Waals surface area contributed by atoms with E-state index < -0.39 is 23.8 Å². The fourth-order valence-corrected chi connectivity index (χ4v) is 1.50. The maximum absolute atomic E-state index is 12.3. The second kappa shape index (κ2) is 5.86. The quantitative estimate of drug-likeness (QED) is 0.857. The molecule has 0 spiro atoms. The van der Waals surface area contributed by atoms with E-state index in [0.717, 1.165) is 12.1 Å². The van der Waals surface area contributed by atoms with E-state index in [2.05, 4.69) is 0 Å². The largest absolute Gasteiger partial charge is 0.481 e. The van der Waals surface area contributed by atoms with Crippen LogP contribution in [-0.4, -0.2) is 22.3 Å². The molecule has 2 N–H and O–H groups in total. The summed E-state index contributed by atoms with van der Waals surface area (Å²) < 4.78 is 36.8. The van der Waals surface area contributed by atoms with Crippen LogP contribution in [0.5, 0.6) is 0 Å². The van der Waals surface area contributed by atoms with Crippen molar-refractivity contribution in [3.63, 3.8) is 0 Å². The zero-order valence-electron chi connectivity index (χ0n) is 9.44. The molecule has 1 aromatic rings. The Labute approximate surface area is 102 Å².